The summed E-state index contributed by atoms with van der Waals surface area (Å²) in [5.74, 6) is 1.45. The van der Waals surface area contributed by atoms with Crippen molar-refractivity contribution in [2.75, 3.05) is 6.61 Å². The minimum atomic E-state index is -0.182. The summed E-state index contributed by atoms with van der Waals surface area (Å²) >= 11 is 0. The van der Waals surface area contributed by atoms with Gasteiger partial charge in [-0.2, -0.15) is 0 Å². The number of ether oxygens (including phenoxy) is 1. The molecule has 0 radical (unpaired) electrons. The average Bonchev–Trinajstić information content (AvgIpc) is 3.18. The van der Waals surface area contributed by atoms with E-state index in [9.17, 15) is 4.39 Å². The fourth-order valence-electron chi connectivity index (χ4n) is 3.31. The number of aryl methyl sites for hydroxylation is 1. The molecular formula is C18H25FO. The lowest BCUT2D eigenvalue weighted by molar-refractivity contribution is 0.274. The van der Waals surface area contributed by atoms with Gasteiger partial charge in [0, 0.05) is 0 Å². The molecule has 0 aromatic heterocycles. The second-order valence-electron chi connectivity index (χ2n) is 7.55. The largest absolute Gasteiger partial charge is 0.490 e. The van der Waals surface area contributed by atoms with E-state index < -0.39 is 0 Å². The highest BCUT2D eigenvalue weighted by atomic mass is 19.1. The Hall–Kier alpha value is -1.05. The lowest BCUT2D eigenvalue weighted by atomic mass is 9.69. The number of fused-ring (bicyclic) bond motifs is 1. The van der Waals surface area contributed by atoms with Gasteiger partial charge in [0.25, 0.3) is 0 Å². The molecule has 0 amide bonds. The molecule has 0 heterocycles. The van der Waals surface area contributed by atoms with Crippen molar-refractivity contribution in [3.63, 3.8) is 0 Å². The summed E-state index contributed by atoms with van der Waals surface area (Å²) in [6.07, 6.45) is 5.83. The van der Waals surface area contributed by atoms with Crippen LogP contribution in [0.3, 0.4) is 0 Å². The number of hydrogen-bond donors (Lipinski definition) is 0. The van der Waals surface area contributed by atoms with Crippen LogP contribution in [0, 0.1) is 17.2 Å². The summed E-state index contributed by atoms with van der Waals surface area (Å²) < 4.78 is 19.9. The molecule has 1 nitrogen and oxygen atoms in total. The first-order valence-electron chi connectivity index (χ1n) is 7.90. The van der Waals surface area contributed by atoms with Gasteiger partial charge in [-0.15, -0.1) is 0 Å². The van der Waals surface area contributed by atoms with E-state index in [4.69, 9.17) is 4.74 Å². The Balaban J connectivity index is 1.90. The molecule has 1 aromatic carbocycles. The molecule has 1 aromatic rings. The highest BCUT2D eigenvalue weighted by molar-refractivity contribution is 5.41. The highest BCUT2D eigenvalue weighted by Gasteiger charge is 2.31. The van der Waals surface area contributed by atoms with E-state index in [0.717, 1.165) is 12.8 Å². The summed E-state index contributed by atoms with van der Waals surface area (Å²) in [6, 6.07) is 3.71. The minimum absolute atomic E-state index is 0.182. The van der Waals surface area contributed by atoms with Crippen LogP contribution in [0.1, 0.15) is 63.5 Å². The van der Waals surface area contributed by atoms with Gasteiger partial charge >= 0.3 is 0 Å². The van der Waals surface area contributed by atoms with Gasteiger partial charge in [0.2, 0.25) is 0 Å². The summed E-state index contributed by atoms with van der Waals surface area (Å²) in [5.41, 5.74) is 2.73. The fourth-order valence-corrected chi connectivity index (χ4v) is 3.31. The lowest BCUT2D eigenvalue weighted by Gasteiger charge is -2.36. The molecule has 0 N–H and O–H groups in total. The molecule has 0 aliphatic heterocycles. The van der Waals surface area contributed by atoms with Gasteiger partial charge in [0.05, 0.1) is 6.61 Å². The summed E-state index contributed by atoms with van der Waals surface area (Å²) in [6.45, 7) is 7.51. The number of hydrogen-bond acceptors (Lipinski definition) is 1. The topological polar surface area (TPSA) is 9.23 Å². The zero-order chi connectivity index (χ0) is 14.3. The lowest BCUT2D eigenvalue weighted by Crippen LogP contribution is -2.23. The Labute approximate surface area is 121 Å². The van der Waals surface area contributed by atoms with Crippen LogP contribution >= 0.6 is 0 Å². The van der Waals surface area contributed by atoms with Crippen molar-refractivity contribution in [2.24, 2.45) is 11.3 Å². The third-order valence-electron chi connectivity index (χ3n) is 4.72. The molecule has 1 saturated carbocycles. The first kappa shape index (κ1) is 13.9. The van der Waals surface area contributed by atoms with Crippen LogP contribution < -0.4 is 4.74 Å². The predicted molar refractivity (Wildman–Crippen MR) is 79.8 cm³/mol. The van der Waals surface area contributed by atoms with Crippen molar-refractivity contribution in [1.82, 2.24) is 0 Å². The van der Waals surface area contributed by atoms with Crippen LogP contribution in [0.5, 0.6) is 5.75 Å². The van der Waals surface area contributed by atoms with Gasteiger partial charge in [-0.25, -0.2) is 4.39 Å². The van der Waals surface area contributed by atoms with E-state index in [1.54, 1.807) is 6.07 Å². The molecule has 3 rings (SSSR count). The maximum absolute atomic E-state index is 14.1. The quantitative estimate of drug-likeness (QED) is 0.748. The number of benzene rings is 1. The van der Waals surface area contributed by atoms with E-state index >= 15 is 0 Å². The van der Waals surface area contributed by atoms with Crippen molar-refractivity contribution < 1.29 is 9.13 Å². The second kappa shape index (κ2) is 5.05. The van der Waals surface area contributed by atoms with Gasteiger partial charge in [0.1, 0.15) is 0 Å². The Bertz CT molecular complexity index is 497. The van der Waals surface area contributed by atoms with E-state index in [1.807, 2.05) is 6.07 Å². The normalized spacial score (nSPS) is 22.5. The Morgan fingerprint density at radius 1 is 1.20 bits per heavy atom. The van der Waals surface area contributed by atoms with Crippen LogP contribution in [0.25, 0.3) is 0 Å². The molecule has 2 aliphatic carbocycles. The molecule has 0 spiro atoms. The zero-order valence-electron chi connectivity index (χ0n) is 12.8. The Morgan fingerprint density at radius 2 is 1.95 bits per heavy atom. The molecular weight excluding hydrogens is 251 g/mol. The van der Waals surface area contributed by atoms with Crippen LogP contribution in [0.2, 0.25) is 0 Å². The minimum Gasteiger partial charge on any atom is -0.490 e. The third-order valence-corrected chi connectivity index (χ3v) is 4.72. The molecule has 110 valence electrons. The van der Waals surface area contributed by atoms with E-state index in [-0.39, 0.29) is 11.2 Å². The van der Waals surface area contributed by atoms with Gasteiger partial charge in [-0.05, 0) is 72.6 Å². The monoisotopic (exact) mass is 276 g/mol. The van der Waals surface area contributed by atoms with Crippen molar-refractivity contribution in [1.29, 1.82) is 0 Å². The van der Waals surface area contributed by atoms with Crippen LogP contribution in [0.15, 0.2) is 12.1 Å². The van der Waals surface area contributed by atoms with E-state index in [0.29, 0.717) is 24.2 Å². The molecule has 2 aliphatic rings. The number of halogens is 1. The summed E-state index contributed by atoms with van der Waals surface area (Å²) in [5, 5.41) is 0. The van der Waals surface area contributed by atoms with Crippen LogP contribution in [-0.2, 0) is 6.42 Å². The smallest absolute Gasteiger partial charge is 0.165 e. The summed E-state index contributed by atoms with van der Waals surface area (Å²) in [7, 11) is 0. The van der Waals surface area contributed by atoms with Gasteiger partial charge in [0.15, 0.2) is 11.6 Å². The van der Waals surface area contributed by atoms with Crippen molar-refractivity contribution in [2.45, 2.75) is 58.8 Å². The first-order chi connectivity index (χ1) is 9.45. The Kier molecular flexibility index (Phi) is 3.51. The Morgan fingerprint density at radius 3 is 2.60 bits per heavy atom. The molecule has 0 saturated heterocycles. The molecule has 20 heavy (non-hydrogen) atoms. The van der Waals surface area contributed by atoms with E-state index in [2.05, 4.69) is 20.8 Å². The maximum Gasteiger partial charge on any atom is 0.165 e. The van der Waals surface area contributed by atoms with Crippen LogP contribution in [0.4, 0.5) is 4.39 Å². The van der Waals surface area contributed by atoms with Crippen LogP contribution in [-0.4, -0.2) is 6.61 Å². The van der Waals surface area contributed by atoms with Crippen molar-refractivity contribution in [3.05, 3.63) is 29.1 Å². The SMILES string of the molecule is CC(C)(C)C1CCCc2cc(F)c(OCC3CC3)cc21. The average molecular weight is 276 g/mol. The number of rotatable bonds is 3. The fraction of sp³-hybridized carbons (Fsp3) is 0.667. The zero-order valence-corrected chi connectivity index (χ0v) is 12.8. The first-order valence-corrected chi connectivity index (χ1v) is 7.90. The highest BCUT2D eigenvalue weighted by Crippen LogP contribution is 2.45. The standard InChI is InChI=1S/C18H25FO/c1-18(2,3)15-6-4-5-13-9-16(19)17(10-14(13)15)20-11-12-7-8-12/h9-10,12,15H,4-8,11H2,1-3H3. The van der Waals surface area contributed by atoms with Crippen molar-refractivity contribution in [3.8, 4) is 5.75 Å². The maximum atomic E-state index is 14.1. The third kappa shape index (κ3) is 2.84. The van der Waals surface area contributed by atoms with E-state index in [1.165, 1.54) is 30.4 Å². The van der Waals surface area contributed by atoms with Crippen molar-refractivity contribution >= 4 is 0 Å². The molecule has 1 unspecified atom stereocenters. The predicted octanol–water partition coefficient (Wildman–Crippen LogP) is 5.08. The summed E-state index contributed by atoms with van der Waals surface area (Å²) in [4.78, 5) is 0. The molecule has 2 heteroatoms. The second-order valence-corrected chi connectivity index (χ2v) is 7.55. The van der Waals surface area contributed by atoms with Gasteiger partial charge in [-0.1, -0.05) is 20.8 Å². The molecule has 1 atom stereocenters. The van der Waals surface area contributed by atoms with Gasteiger partial charge < -0.3 is 4.74 Å². The molecule has 1 fully saturated rings. The van der Waals surface area contributed by atoms with Gasteiger partial charge in [-0.3, -0.25) is 0 Å². The molecule has 0 bridgehead atoms.